The summed E-state index contributed by atoms with van der Waals surface area (Å²) in [6.45, 7) is 6.38. The molecule has 6 heteroatoms. The molecule has 142 valence electrons. The zero-order chi connectivity index (χ0) is 20.0. The molecule has 0 bridgehead atoms. The van der Waals surface area contributed by atoms with E-state index in [9.17, 15) is 0 Å². The highest BCUT2D eigenvalue weighted by molar-refractivity contribution is 5.33. The minimum Gasteiger partial charge on any atom is -0.222 e. The van der Waals surface area contributed by atoms with E-state index in [0.29, 0.717) is 0 Å². The summed E-state index contributed by atoms with van der Waals surface area (Å²) in [6, 6.07) is 22.2. The van der Waals surface area contributed by atoms with Gasteiger partial charge in [0.05, 0.1) is 0 Å². The predicted molar refractivity (Wildman–Crippen MR) is 91.0 cm³/mol. The van der Waals surface area contributed by atoms with Crippen LogP contribution in [0.15, 0.2) is 73.1 Å². The highest BCUT2D eigenvalue weighted by Crippen LogP contribution is 2.22. The van der Waals surface area contributed by atoms with Crippen molar-refractivity contribution in [1.29, 1.82) is 0 Å². The third-order valence-corrected chi connectivity index (χ3v) is 4.10. The van der Waals surface area contributed by atoms with Gasteiger partial charge in [-0.05, 0) is 26.3 Å². The summed E-state index contributed by atoms with van der Waals surface area (Å²) in [5.41, 5.74) is 6.48. The van der Waals surface area contributed by atoms with E-state index in [1.165, 1.54) is 27.8 Å². The van der Waals surface area contributed by atoms with Crippen LogP contribution >= 0.6 is 0 Å². The van der Waals surface area contributed by atoms with Crippen LogP contribution in [0.4, 0.5) is 0 Å². The molecule has 0 aliphatic rings. The Balaban J connectivity index is 0.000000465. The maximum absolute atomic E-state index is 8.49. The van der Waals surface area contributed by atoms with Crippen molar-refractivity contribution < 1.29 is 33.4 Å². The van der Waals surface area contributed by atoms with Crippen LogP contribution in [0.25, 0.3) is 0 Å². The molecule has 0 aliphatic carbocycles. The van der Waals surface area contributed by atoms with Gasteiger partial charge in [0, 0.05) is 23.3 Å². The number of nitrogens with zero attached hydrogens (tertiary/aromatic N) is 1. The van der Waals surface area contributed by atoms with Crippen molar-refractivity contribution in [3.8, 4) is 0 Å². The van der Waals surface area contributed by atoms with E-state index in [0.717, 1.165) is 0 Å². The van der Waals surface area contributed by atoms with Crippen molar-refractivity contribution in [2.45, 2.75) is 26.8 Å². The molecule has 0 unspecified atom stereocenters. The molecule has 0 atom stereocenters. The molecule has 0 N–H and O–H groups in total. The van der Waals surface area contributed by atoms with Crippen LogP contribution in [0.3, 0.4) is 0 Å². The van der Waals surface area contributed by atoms with Gasteiger partial charge in [-0.15, -0.1) is 10.2 Å². The lowest BCUT2D eigenvalue weighted by molar-refractivity contribution is -2.00. The van der Waals surface area contributed by atoms with Crippen LogP contribution in [0, 0.1) is 31.0 Å². The van der Waals surface area contributed by atoms with Crippen molar-refractivity contribution in [3.63, 3.8) is 0 Å². The molecule has 2 aromatic carbocycles. The van der Waals surface area contributed by atoms with Gasteiger partial charge >= 0.3 is 0 Å². The molecule has 27 heavy (non-hydrogen) atoms. The van der Waals surface area contributed by atoms with Gasteiger partial charge < -0.3 is 0 Å². The monoisotopic (exact) mass is 387 g/mol. The topological polar surface area (TPSA) is 96.1 Å². The molecule has 3 rings (SSSR count). The zero-order valence-corrected chi connectivity index (χ0v) is 16.2. The fraction of sp³-hybridized carbons (Fsp3) is 0.190. The molecule has 5 nitrogen and oxygen atoms in total. The molecular weight excluding hydrogens is 366 g/mol. The quantitative estimate of drug-likeness (QED) is 0.580. The lowest BCUT2D eigenvalue weighted by Crippen LogP contribution is -2.68. The zero-order valence-electron chi connectivity index (χ0n) is 15.5. The number of hydrogen-bond acceptors (Lipinski definition) is 4. The Morgan fingerprint density at radius 1 is 0.593 bits per heavy atom. The standard InChI is InChI=1S/C21H22N.ClHO4/c1-16-4-8-19(9-5-16)21(20-10-6-17(2)7-11-20)22-14-12-18(3)13-15-22;2-1(3,4)5/h4-15,21H,1-3H3;(H,2,3,4,5)/q+1;/p-1. The van der Waals surface area contributed by atoms with E-state index < -0.39 is 10.2 Å². The molecule has 0 amide bonds. The number of halogens is 1. The van der Waals surface area contributed by atoms with Crippen LogP contribution < -0.4 is 23.2 Å². The highest BCUT2D eigenvalue weighted by atomic mass is 35.7. The average molecular weight is 388 g/mol. The SMILES string of the molecule is Cc1ccc(C(c2ccc(C)cc2)[n+]2ccc(C)cc2)cc1.[O-][Cl+3]([O-])([O-])[O-]. The number of rotatable bonds is 3. The Hall–Kier alpha value is -2.28. The van der Waals surface area contributed by atoms with E-state index >= 15 is 0 Å². The minimum atomic E-state index is -4.94. The normalized spacial score (nSPS) is 11.1. The van der Waals surface area contributed by atoms with E-state index in [2.05, 4.69) is 98.4 Å². The smallest absolute Gasteiger partial charge is 0.208 e. The molecule has 0 saturated carbocycles. The molecule has 0 saturated heterocycles. The molecule has 0 aliphatic heterocycles. The lowest BCUT2D eigenvalue weighted by atomic mass is 9.96. The summed E-state index contributed by atoms with van der Waals surface area (Å²) in [4.78, 5) is 0. The maximum Gasteiger partial charge on any atom is 0.208 e. The summed E-state index contributed by atoms with van der Waals surface area (Å²) in [5.74, 6) is 0. The van der Waals surface area contributed by atoms with Gasteiger partial charge in [0.2, 0.25) is 6.04 Å². The van der Waals surface area contributed by atoms with Gasteiger partial charge in [0.25, 0.3) is 0 Å². The van der Waals surface area contributed by atoms with Gasteiger partial charge in [-0.25, -0.2) is 18.6 Å². The Morgan fingerprint density at radius 2 is 0.889 bits per heavy atom. The Morgan fingerprint density at radius 3 is 1.22 bits per heavy atom. The first kappa shape index (κ1) is 21.0. The Kier molecular flexibility index (Phi) is 7.07. The van der Waals surface area contributed by atoms with E-state index in [-0.39, 0.29) is 6.04 Å². The summed E-state index contributed by atoms with van der Waals surface area (Å²) in [7, 11) is -4.94. The first-order chi connectivity index (χ1) is 12.6. The van der Waals surface area contributed by atoms with Gasteiger partial charge in [0.1, 0.15) is 0 Å². The summed E-state index contributed by atoms with van der Waals surface area (Å²) in [6.07, 6.45) is 4.33. The number of benzene rings is 2. The third-order valence-electron chi connectivity index (χ3n) is 4.10. The first-order valence-corrected chi connectivity index (χ1v) is 9.59. The van der Waals surface area contributed by atoms with Gasteiger partial charge in [-0.1, -0.05) is 59.7 Å². The molecular formula is C21H22ClNO4. The highest BCUT2D eigenvalue weighted by Gasteiger charge is 2.22. The van der Waals surface area contributed by atoms with E-state index in [1.54, 1.807) is 0 Å². The van der Waals surface area contributed by atoms with Crippen LogP contribution in [-0.2, 0) is 0 Å². The molecule has 0 radical (unpaired) electrons. The van der Waals surface area contributed by atoms with Crippen LogP contribution in [0.1, 0.15) is 33.9 Å². The fourth-order valence-electron chi connectivity index (χ4n) is 2.72. The second kappa shape index (κ2) is 9.08. The number of aromatic nitrogens is 1. The summed E-state index contributed by atoms with van der Waals surface area (Å²) >= 11 is 0. The van der Waals surface area contributed by atoms with E-state index in [4.69, 9.17) is 18.6 Å². The molecule has 1 heterocycles. The van der Waals surface area contributed by atoms with Crippen molar-refractivity contribution in [2.75, 3.05) is 0 Å². The van der Waals surface area contributed by atoms with Crippen molar-refractivity contribution in [3.05, 3.63) is 101 Å². The van der Waals surface area contributed by atoms with Gasteiger partial charge in [0.15, 0.2) is 12.4 Å². The number of pyridine rings is 1. The average Bonchev–Trinajstić information content (AvgIpc) is 2.59. The van der Waals surface area contributed by atoms with Crippen LogP contribution in [0.5, 0.6) is 0 Å². The third kappa shape index (κ3) is 7.09. The maximum atomic E-state index is 8.49. The molecule has 3 aromatic rings. The fourth-order valence-corrected chi connectivity index (χ4v) is 2.72. The largest absolute Gasteiger partial charge is 0.222 e. The lowest BCUT2D eigenvalue weighted by Gasteiger charge is -2.17. The summed E-state index contributed by atoms with van der Waals surface area (Å²) in [5, 5.41) is 0. The van der Waals surface area contributed by atoms with Crippen LogP contribution in [0.2, 0.25) is 0 Å². The van der Waals surface area contributed by atoms with E-state index in [1.807, 2.05) is 0 Å². The van der Waals surface area contributed by atoms with Crippen molar-refractivity contribution in [2.24, 2.45) is 0 Å². The minimum absolute atomic E-state index is 0.210. The Bertz CT molecular complexity index is 727. The summed E-state index contributed by atoms with van der Waals surface area (Å²) < 4.78 is 36.3. The van der Waals surface area contributed by atoms with Crippen molar-refractivity contribution >= 4 is 0 Å². The second-order valence-electron chi connectivity index (χ2n) is 6.42. The van der Waals surface area contributed by atoms with Gasteiger partial charge in [-0.2, -0.15) is 4.57 Å². The number of aryl methyl sites for hydroxylation is 3. The number of hydrogen-bond donors (Lipinski definition) is 0. The van der Waals surface area contributed by atoms with Crippen LogP contribution in [-0.4, -0.2) is 0 Å². The first-order valence-electron chi connectivity index (χ1n) is 8.36. The second-order valence-corrected chi connectivity index (χ2v) is 7.18. The molecule has 0 fully saturated rings. The molecule has 1 aromatic heterocycles. The van der Waals surface area contributed by atoms with Gasteiger partial charge in [-0.3, -0.25) is 0 Å². The predicted octanol–water partition coefficient (Wildman–Crippen LogP) is -0.219. The van der Waals surface area contributed by atoms with Crippen molar-refractivity contribution in [1.82, 2.24) is 0 Å². The Labute approximate surface area is 161 Å². The molecule has 0 spiro atoms.